The third-order valence-electron chi connectivity index (χ3n) is 3.83. The normalized spacial score (nSPS) is 13.3. The number of halogens is 2. The van der Waals surface area contributed by atoms with E-state index in [9.17, 15) is 4.39 Å². The summed E-state index contributed by atoms with van der Waals surface area (Å²) in [7, 11) is 0. The quantitative estimate of drug-likeness (QED) is 0.733. The summed E-state index contributed by atoms with van der Waals surface area (Å²) in [6.07, 6.45) is 0.823. The highest BCUT2D eigenvalue weighted by Gasteiger charge is 2.15. The summed E-state index contributed by atoms with van der Waals surface area (Å²) in [5.74, 6) is 1.67. The van der Waals surface area contributed by atoms with Crippen molar-refractivity contribution < 1.29 is 18.3 Å². The first kappa shape index (κ1) is 16.7. The van der Waals surface area contributed by atoms with E-state index in [4.69, 9.17) is 25.5 Å². The van der Waals surface area contributed by atoms with Crippen LogP contribution in [0, 0.1) is 5.82 Å². The van der Waals surface area contributed by atoms with Crippen molar-refractivity contribution in [3.05, 3.63) is 53.1 Å². The van der Waals surface area contributed by atoms with E-state index in [0.717, 1.165) is 6.42 Å². The second kappa shape index (κ2) is 7.21. The number of nitrogens with zero attached hydrogens (tertiary/aromatic N) is 2. The average molecular weight is 376 g/mol. The Labute approximate surface area is 153 Å². The summed E-state index contributed by atoms with van der Waals surface area (Å²) in [6.45, 7) is 1.48. The number of aromatic nitrogens is 2. The Morgan fingerprint density at radius 1 is 1.04 bits per heavy atom. The minimum Gasteiger partial charge on any atom is -0.490 e. The van der Waals surface area contributed by atoms with Crippen LogP contribution in [-0.4, -0.2) is 23.4 Å². The number of benzene rings is 2. The molecular weight excluding hydrogens is 361 g/mol. The minimum absolute atomic E-state index is 0.285. The number of anilines is 1. The molecule has 0 atom stereocenters. The summed E-state index contributed by atoms with van der Waals surface area (Å²) in [5.41, 5.74) is 1.33. The van der Waals surface area contributed by atoms with Crippen LogP contribution in [0.3, 0.4) is 0 Å². The van der Waals surface area contributed by atoms with E-state index in [0.29, 0.717) is 52.8 Å². The lowest BCUT2D eigenvalue weighted by atomic mass is 10.2. The van der Waals surface area contributed by atoms with Gasteiger partial charge in [-0.25, -0.2) is 4.39 Å². The van der Waals surface area contributed by atoms with Crippen molar-refractivity contribution in [2.24, 2.45) is 0 Å². The predicted octanol–water partition coefficient (Wildman–Crippen LogP) is 4.30. The minimum atomic E-state index is -0.320. The highest BCUT2D eigenvalue weighted by molar-refractivity contribution is 6.33. The van der Waals surface area contributed by atoms with Crippen LogP contribution in [0.1, 0.15) is 12.3 Å². The van der Waals surface area contributed by atoms with Gasteiger partial charge in [0.05, 0.1) is 30.5 Å². The molecule has 134 valence electrons. The topological polar surface area (TPSA) is 69.4 Å². The Balaban J connectivity index is 1.48. The zero-order chi connectivity index (χ0) is 17.9. The molecule has 0 fully saturated rings. The van der Waals surface area contributed by atoms with Crippen molar-refractivity contribution in [3.63, 3.8) is 0 Å². The van der Waals surface area contributed by atoms with E-state index in [1.165, 1.54) is 12.1 Å². The molecule has 1 N–H and O–H groups in total. The van der Waals surface area contributed by atoms with Gasteiger partial charge in [0.15, 0.2) is 11.5 Å². The highest BCUT2D eigenvalue weighted by Crippen LogP contribution is 2.37. The van der Waals surface area contributed by atoms with E-state index < -0.39 is 0 Å². The second-order valence-electron chi connectivity index (χ2n) is 5.69. The maximum atomic E-state index is 13.0. The molecule has 0 unspecified atom stereocenters. The number of hydrogen-bond donors (Lipinski definition) is 1. The van der Waals surface area contributed by atoms with Crippen LogP contribution in [0.4, 0.5) is 10.1 Å². The van der Waals surface area contributed by atoms with Gasteiger partial charge >= 0.3 is 0 Å². The lowest BCUT2D eigenvalue weighted by molar-refractivity contribution is 0.297. The van der Waals surface area contributed by atoms with Crippen molar-refractivity contribution in [2.75, 3.05) is 18.5 Å². The first-order valence-corrected chi connectivity index (χ1v) is 8.48. The largest absolute Gasteiger partial charge is 0.490 e. The molecule has 0 amide bonds. The van der Waals surface area contributed by atoms with Crippen molar-refractivity contribution in [2.45, 2.75) is 13.0 Å². The average Bonchev–Trinajstić information content (AvgIpc) is 3.00. The molecule has 0 aliphatic carbocycles. The van der Waals surface area contributed by atoms with E-state index in [1.54, 1.807) is 24.3 Å². The Morgan fingerprint density at radius 2 is 1.77 bits per heavy atom. The van der Waals surface area contributed by atoms with Crippen LogP contribution in [0.15, 0.2) is 40.8 Å². The number of hydrogen-bond acceptors (Lipinski definition) is 6. The van der Waals surface area contributed by atoms with Crippen LogP contribution in [0.2, 0.25) is 5.02 Å². The molecule has 0 saturated heterocycles. The summed E-state index contributed by atoms with van der Waals surface area (Å²) in [6, 6.07) is 9.37. The molecule has 4 rings (SSSR count). The predicted molar refractivity (Wildman–Crippen MR) is 94.1 cm³/mol. The molecular formula is C18H15ClFN3O3. The standard InChI is InChI=1S/C18H15ClFN3O3/c19-13-8-15-16(25-7-1-6-24-15)9-14(13)21-10-17-22-23-18(26-17)11-2-4-12(20)5-3-11/h2-5,8-9,21H,1,6-7,10H2. The first-order valence-electron chi connectivity index (χ1n) is 8.10. The molecule has 6 nitrogen and oxygen atoms in total. The van der Waals surface area contributed by atoms with E-state index in [1.807, 2.05) is 0 Å². The van der Waals surface area contributed by atoms with E-state index >= 15 is 0 Å². The third kappa shape index (κ3) is 3.57. The third-order valence-corrected chi connectivity index (χ3v) is 4.14. The monoisotopic (exact) mass is 375 g/mol. The van der Waals surface area contributed by atoms with Gasteiger partial charge < -0.3 is 19.2 Å². The maximum Gasteiger partial charge on any atom is 0.247 e. The smallest absolute Gasteiger partial charge is 0.247 e. The van der Waals surface area contributed by atoms with Gasteiger partial charge in [-0.05, 0) is 24.3 Å². The number of fused-ring (bicyclic) bond motifs is 1. The van der Waals surface area contributed by atoms with Gasteiger partial charge in [-0.2, -0.15) is 0 Å². The van der Waals surface area contributed by atoms with Crippen LogP contribution in [0.5, 0.6) is 11.5 Å². The molecule has 26 heavy (non-hydrogen) atoms. The molecule has 8 heteroatoms. The van der Waals surface area contributed by atoms with Crippen LogP contribution < -0.4 is 14.8 Å². The summed E-state index contributed by atoms with van der Waals surface area (Å²) < 4.78 is 29.9. The van der Waals surface area contributed by atoms with Crippen molar-refractivity contribution in [1.82, 2.24) is 10.2 Å². The zero-order valence-electron chi connectivity index (χ0n) is 13.7. The summed E-state index contributed by atoms with van der Waals surface area (Å²) >= 11 is 6.30. The number of ether oxygens (including phenoxy) is 2. The lowest BCUT2D eigenvalue weighted by Crippen LogP contribution is -2.01. The van der Waals surface area contributed by atoms with Gasteiger partial charge in [-0.1, -0.05) is 11.6 Å². The van der Waals surface area contributed by atoms with Gasteiger partial charge in [-0.3, -0.25) is 0 Å². The van der Waals surface area contributed by atoms with Crippen molar-refractivity contribution in [3.8, 4) is 23.0 Å². The maximum absolute atomic E-state index is 13.0. The fraction of sp³-hybridized carbons (Fsp3) is 0.222. The molecule has 1 aliphatic heterocycles. The summed E-state index contributed by atoms with van der Waals surface area (Å²) in [5, 5.41) is 11.6. The first-order chi connectivity index (χ1) is 12.7. The van der Waals surface area contributed by atoms with E-state index in [2.05, 4.69) is 15.5 Å². The Kier molecular flexibility index (Phi) is 4.62. The van der Waals surface area contributed by atoms with Gasteiger partial charge in [0.25, 0.3) is 0 Å². The number of nitrogens with one attached hydrogen (secondary N) is 1. The molecule has 0 saturated carbocycles. The van der Waals surface area contributed by atoms with Gasteiger partial charge in [0.2, 0.25) is 11.8 Å². The van der Waals surface area contributed by atoms with Gasteiger partial charge in [0, 0.05) is 24.1 Å². The lowest BCUT2D eigenvalue weighted by Gasteiger charge is -2.12. The van der Waals surface area contributed by atoms with Gasteiger partial charge in [0.1, 0.15) is 5.82 Å². The molecule has 0 bridgehead atoms. The van der Waals surface area contributed by atoms with Crippen LogP contribution in [-0.2, 0) is 6.54 Å². The molecule has 0 radical (unpaired) electrons. The molecule has 3 aromatic rings. The Bertz CT molecular complexity index is 915. The highest BCUT2D eigenvalue weighted by atomic mass is 35.5. The summed E-state index contributed by atoms with van der Waals surface area (Å²) in [4.78, 5) is 0. The van der Waals surface area contributed by atoms with Gasteiger partial charge in [-0.15, -0.1) is 10.2 Å². The van der Waals surface area contributed by atoms with Crippen molar-refractivity contribution >= 4 is 17.3 Å². The van der Waals surface area contributed by atoms with Crippen molar-refractivity contribution in [1.29, 1.82) is 0 Å². The molecule has 2 aromatic carbocycles. The fourth-order valence-electron chi connectivity index (χ4n) is 2.52. The molecule has 0 spiro atoms. The Hall–Kier alpha value is -2.80. The number of rotatable bonds is 4. The zero-order valence-corrected chi connectivity index (χ0v) is 14.4. The molecule has 2 heterocycles. The molecule has 1 aromatic heterocycles. The SMILES string of the molecule is Fc1ccc(-c2nnc(CNc3cc4c(cc3Cl)OCCCO4)o2)cc1. The van der Waals surface area contributed by atoms with Crippen LogP contribution in [0.25, 0.3) is 11.5 Å². The Morgan fingerprint density at radius 3 is 2.54 bits per heavy atom. The molecule has 1 aliphatic rings. The fourth-order valence-corrected chi connectivity index (χ4v) is 2.74. The van der Waals surface area contributed by atoms with Crippen LogP contribution >= 0.6 is 11.6 Å². The second-order valence-corrected chi connectivity index (χ2v) is 6.10. The van der Waals surface area contributed by atoms with E-state index in [-0.39, 0.29) is 12.4 Å².